The average Bonchev–Trinajstić information content (AvgIpc) is 3.54. The number of aryl methyl sites for hydroxylation is 2. The van der Waals surface area contributed by atoms with Crippen LogP contribution in [-0.4, -0.2) is 34.7 Å². The first-order valence-corrected chi connectivity index (χ1v) is 11.1. The van der Waals surface area contributed by atoms with Crippen molar-refractivity contribution in [2.24, 2.45) is 0 Å². The standard InChI is InChI=1S/C25H27N3O5/c1-3-15-32-19-8-6-18(7-9-19)23(29)21-22(20-10-5-17(2)33-20)28(25(31)24(21)30)13-4-12-27-14-11-26-16-27/h5-11,14,16,22H,3-4,12-13,15H2,1-2H3,(H,29,30). The van der Waals surface area contributed by atoms with Crippen molar-refractivity contribution in [3.63, 3.8) is 0 Å². The number of rotatable bonds is 9. The maximum atomic E-state index is 13.4. The van der Waals surface area contributed by atoms with E-state index in [0.29, 0.717) is 49.0 Å². The molecule has 4 rings (SSSR count). The molecule has 8 nitrogen and oxygen atoms in total. The molecule has 1 fully saturated rings. The van der Waals surface area contributed by atoms with Crippen molar-refractivity contribution in [3.8, 4) is 5.75 Å². The summed E-state index contributed by atoms with van der Waals surface area (Å²) >= 11 is 0. The van der Waals surface area contributed by atoms with E-state index in [1.54, 1.807) is 43.3 Å². The van der Waals surface area contributed by atoms with E-state index in [1.165, 1.54) is 4.90 Å². The molecule has 0 spiro atoms. The molecule has 3 heterocycles. The van der Waals surface area contributed by atoms with Gasteiger partial charge >= 0.3 is 0 Å². The highest BCUT2D eigenvalue weighted by atomic mass is 16.5. The van der Waals surface area contributed by atoms with Gasteiger partial charge in [-0.2, -0.15) is 0 Å². The zero-order chi connectivity index (χ0) is 23.4. The summed E-state index contributed by atoms with van der Waals surface area (Å²) in [6.07, 6.45) is 7.00. The largest absolute Gasteiger partial charge is 0.872 e. The maximum absolute atomic E-state index is 13.4. The molecule has 1 atom stereocenters. The molecule has 1 saturated heterocycles. The second kappa shape index (κ2) is 9.77. The molecule has 0 aliphatic carbocycles. The van der Waals surface area contributed by atoms with E-state index >= 15 is 0 Å². The molecule has 1 N–H and O–H groups in total. The fraction of sp³-hybridized carbons (Fsp3) is 0.320. The van der Waals surface area contributed by atoms with Gasteiger partial charge in [0.2, 0.25) is 12.1 Å². The molecule has 172 valence electrons. The van der Waals surface area contributed by atoms with Gasteiger partial charge in [-0.1, -0.05) is 24.8 Å². The normalized spacial score (nSPS) is 17.6. The van der Waals surface area contributed by atoms with E-state index in [-0.39, 0.29) is 5.57 Å². The van der Waals surface area contributed by atoms with Crippen molar-refractivity contribution in [1.29, 1.82) is 0 Å². The van der Waals surface area contributed by atoms with Crippen LogP contribution < -0.4 is 14.4 Å². The van der Waals surface area contributed by atoms with Gasteiger partial charge in [0.25, 0.3) is 5.91 Å². The Morgan fingerprint density at radius 3 is 2.64 bits per heavy atom. The molecule has 1 aliphatic heterocycles. The lowest BCUT2D eigenvalue weighted by molar-refractivity contribution is -0.695. The van der Waals surface area contributed by atoms with Crippen LogP contribution >= 0.6 is 0 Å². The van der Waals surface area contributed by atoms with Gasteiger partial charge in [0, 0.05) is 18.5 Å². The smallest absolute Gasteiger partial charge is 0.295 e. The minimum Gasteiger partial charge on any atom is -0.872 e. The van der Waals surface area contributed by atoms with E-state index in [9.17, 15) is 14.7 Å². The van der Waals surface area contributed by atoms with Crippen LogP contribution in [0.4, 0.5) is 0 Å². The molecular formula is C25H27N3O5. The molecule has 1 amide bonds. The maximum Gasteiger partial charge on any atom is 0.295 e. The Kier molecular flexibility index (Phi) is 6.63. The second-order valence-electron chi connectivity index (χ2n) is 8.00. The number of benzene rings is 1. The van der Waals surface area contributed by atoms with Gasteiger partial charge in [-0.25, -0.2) is 4.57 Å². The number of aromatic amines is 1. The van der Waals surface area contributed by atoms with Crippen molar-refractivity contribution >= 4 is 17.4 Å². The van der Waals surface area contributed by atoms with Crippen LogP contribution in [0.25, 0.3) is 5.76 Å². The number of aromatic nitrogens is 2. The summed E-state index contributed by atoms with van der Waals surface area (Å²) in [6, 6.07) is 9.26. The first-order chi connectivity index (χ1) is 16.0. The number of likely N-dealkylation sites (tertiary alicyclic amines) is 1. The number of nitrogens with zero attached hydrogens (tertiary/aromatic N) is 2. The van der Waals surface area contributed by atoms with Crippen LogP contribution in [0.1, 0.15) is 42.9 Å². The van der Waals surface area contributed by atoms with Gasteiger partial charge in [0.05, 0.1) is 13.2 Å². The highest BCUT2D eigenvalue weighted by molar-refractivity contribution is 6.46. The van der Waals surface area contributed by atoms with Crippen LogP contribution in [0.15, 0.2) is 65.1 Å². The Hall–Kier alpha value is -3.81. The summed E-state index contributed by atoms with van der Waals surface area (Å²) in [7, 11) is 0. The lowest BCUT2D eigenvalue weighted by Gasteiger charge is -2.25. The summed E-state index contributed by atoms with van der Waals surface area (Å²) in [5, 5.41) is 13.4. The van der Waals surface area contributed by atoms with Gasteiger partial charge < -0.3 is 19.2 Å². The Bertz CT molecular complexity index is 1150. The van der Waals surface area contributed by atoms with E-state index in [4.69, 9.17) is 9.15 Å². The van der Waals surface area contributed by atoms with E-state index in [1.807, 2.05) is 30.2 Å². The minimum absolute atomic E-state index is 0.0779. The van der Waals surface area contributed by atoms with Crippen molar-refractivity contribution in [2.45, 2.75) is 39.3 Å². The molecule has 0 radical (unpaired) electrons. The van der Waals surface area contributed by atoms with Crippen LogP contribution in [0.5, 0.6) is 5.75 Å². The lowest BCUT2D eigenvalue weighted by Crippen LogP contribution is -2.36. The number of amides is 1. The zero-order valence-electron chi connectivity index (χ0n) is 18.7. The van der Waals surface area contributed by atoms with Crippen LogP contribution in [0, 0.1) is 6.92 Å². The number of imidazole rings is 1. The molecule has 0 bridgehead atoms. The van der Waals surface area contributed by atoms with Crippen molar-refractivity contribution in [3.05, 3.63) is 77.8 Å². The number of carbonyl (C=O) groups excluding carboxylic acids is 2. The van der Waals surface area contributed by atoms with Gasteiger partial charge in [-0.15, -0.1) is 0 Å². The third-order valence-electron chi connectivity index (χ3n) is 5.57. The minimum atomic E-state index is -0.849. The number of hydrogen-bond donors (Lipinski definition) is 1. The van der Waals surface area contributed by atoms with E-state index in [2.05, 4.69) is 4.98 Å². The molecule has 0 saturated carbocycles. The van der Waals surface area contributed by atoms with Gasteiger partial charge in [-0.3, -0.25) is 14.6 Å². The van der Waals surface area contributed by atoms with Crippen LogP contribution in [0.3, 0.4) is 0 Å². The predicted octanol–water partition coefficient (Wildman–Crippen LogP) is 2.31. The fourth-order valence-corrected chi connectivity index (χ4v) is 3.96. The van der Waals surface area contributed by atoms with Crippen molar-refractivity contribution in [1.82, 2.24) is 9.88 Å². The van der Waals surface area contributed by atoms with Crippen molar-refractivity contribution < 1.29 is 28.4 Å². The Balaban J connectivity index is 1.65. The molecule has 8 heteroatoms. The van der Waals surface area contributed by atoms with E-state index in [0.717, 1.165) is 6.42 Å². The molecule has 3 aromatic rings. The Morgan fingerprint density at radius 1 is 1.21 bits per heavy atom. The molecular weight excluding hydrogens is 422 g/mol. The van der Waals surface area contributed by atoms with Gasteiger partial charge in [0.15, 0.2) is 0 Å². The number of furan rings is 1. The summed E-state index contributed by atoms with van der Waals surface area (Å²) in [5.74, 6) is -0.235. The summed E-state index contributed by atoms with van der Waals surface area (Å²) in [5.41, 5.74) is 0.249. The topological polar surface area (TPSA) is 102 Å². The molecule has 33 heavy (non-hydrogen) atoms. The second-order valence-corrected chi connectivity index (χ2v) is 8.00. The zero-order valence-corrected chi connectivity index (χ0v) is 18.7. The third-order valence-corrected chi connectivity index (χ3v) is 5.57. The number of Topliss-reactive ketones (excluding diaryl/α,β-unsaturated/α-hetero) is 1. The van der Waals surface area contributed by atoms with Crippen LogP contribution in [0.2, 0.25) is 0 Å². The lowest BCUT2D eigenvalue weighted by atomic mass is 9.99. The highest BCUT2D eigenvalue weighted by Gasteiger charge is 2.45. The average molecular weight is 450 g/mol. The predicted molar refractivity (Wildman–Crippen MR) is 118 cm³/mol. The quantitative estimate of drug-likeness (QED) is 0.234. The summed E-state index contributed by atoms with van der Waals surface area (Å²) in [4.78, 5) is 30.3. The SMILES string of the molecule is CCCOc1ccc(/C([O-])=C2\C(=O)C(=O)N(CCC[n+]3cc[nH]c3)C2c2ccc(C)o2)cc1. The number of ether oxygens (including phenoxy) is 1. The van der Waals surface area contributed by atoms with Gasteiger partial charge in [0.1, 0.15) is 35.7 Å². The van der Waals surface area contributed by atoms with E-state index < -0.39 is 23.5 Å². The summed E-state index contributed by atoms with van der Waals surface area (Å²) < 4.78 is 13.3. The molecule has 1 aliphatic rings. The van der Waals surface area contributed by atoms with Crippen molar-refractivity contribution in [2.75, 3.05) is 13.2 Å². The summed E-state index contributed by atoms with van der Waals surface area (Å²) in [6.45, 7) is 5.34. The highest BCUT2D eigenvalue weighted by Crippen LogP contribution is 2.39. The Morgan fingerprint density at radius 2 is 2.00 bits per heavy atom. The number of nitrogens with one attached hydrogen (secondary N) is 1. The fourth-order valence-electron chi connectivity index (χ4n) is 3.96. The first kappa shape index (κ1) is 22.4. The number of hydrogen-bond acceptors (Lipinski definition) is 5. The number of ketones is 1. The van der Waals surface area contributed by atoms with Gasteiger partial charge in [-0.05, 0) is 43.2 Å². The molecule has 1 aromatic carbocycles. The first-order valence-electron chi connectivity index (χ1n) is 11.1. The van der Waals surface area contributed by atoms with Crippen LogP contribution in [-0.2, 0) is 16.1 Å². The third kappa shape index (κ3) is 4.69. The monoisotopic (exact) mass is 449 g/mol. The number of H-pyrrole nitrogens is 1. The molecule has 1 unspecified atom stereocenters. The Labute approximate surface area is 192 Å². The number of carbonyl (C=O) groups is 2. The molecule has 2 aromatic heterocycles.